The smallest absolute Gasteiger partial charge is 0.261 e. The molecule has 2 aliphatic carbocycles. The molecule has 0 spiro atoms. The van der Waals surface area contributed by atoms with Gasteiger partial charge in [-0.2, -0.15) is 0 Å². The van der Waals surface area contributed by atoms with Crippen LogP contribution in [0.4, 0.5) is 0 Å². The third kappa shape index (κ3) is 3.09. The molecule has 7 heteroatoms. The Morgan fingerprint density at radius 2 is 1.96 bits per heavy atom. The van der Waals surface area contributed by atoms with Crippen LogP contribution in [0.2, 0.25) is 0 Å². The first-order chi connectivity index (χ1) is 11.7. The molecule has 1 saturated heterocycles. The van der Waals surface area contributed by atoms with Crippen molar-refractivity contribution in [1.82, 2.24) is 9.88 Å². The van der Waals surface area contributed by atoms with E-state index < -0.39 is 5.56 Å². The number of fused-ring (bicyclic) bond motifs is 2. The van der Waals surface area contributed by atoms with Crippen molar-refractivity contribution in [2.24, 2.45) is 23.0 Å². The van der Waals surface area contributed by atoms with Crippen molar-refractivity contribution in [2.75, 3.05) is 13.1 Å². The molecule has 0 aromatic carbocycles. The van der Waals surface area contributed by atoms with Crippen molar-refractivity contribution >= 4 is 24.1 Å². The maximum atomic E-state index is 12.9. The molecule has 2 fully saturated rings. The topological polar surface area (TPSA) is 96.3 Å². The van der Waals surface area contributed by atoms with Gasteiger partial charge in [-0.3, -0.25) is 14.4 Å². The van der Waals surface area contributed by atoms with E-state index in [-0.39, 0.29) is 41.1 Å². The lowest BCUT2D eigenvalue weighted by molar-refractivity contribution is 0.0777. The van der Waals surface area contributed by atoms with Crippen LogP contribution < -0.4 is 11.3 Å². The van der Waals surface area contributed by atoms with E-state index in [1.807, 2.05) is 13.8 Å². The summed E-state index contributed by atoms with van der Waals surface area (Å²) < 4.78 is 0. The zero-order valence-electron chi connectivity index (χ0n) is 15.2. The predicted molar refractivity (Wildman–Crippen MR) is 101 cm³/mol. The van der Waals surface area contributed by atoms with E-state index in [4.69, 9.17) is 5.73 Å². The van der Waals surface area contributed by atoms with Gasteiger partial charge in [0, 0.05) is 36.8 Å². The molecule has 4 rings (SSSR count). The summed E-state index contributed by atoms with van der Waals surface area (Å²) in [7, 11) is 0. The maximum absolute atomic E-state index is 12.9. The molecule has 2 heterocycles. The third-order valence-corrected chi connectivity index (χ3v) is 6.15. The highest BCUT2D eigenvalue weighted by atomic mass is 35.5. The van der Waals surface area contributed by atoms with Crippen LogP contribution in [-0.4, -0.2) is 40.7 Å². The van der Waals surface area contributed by atoms with E-state index in [0.29, 0.717) is 49.0 Å². The SMILES string of the molecule is CC1(C)CC(=O)c2cc(C(=O)N3CC4CCC(N)C4C3)c(=O)[nH]c2C1.Cl. The maximum Gasteiger partial charge on any atom is 0.261 e. The summed E-state index contributed by atoms with van der Waals surface area (Å²) in [5.41, 5.74) is 6.81. The number of halogens is 1. The average Bonchev–Trinajstić information content (AvgIpc) is 3.07. The number of carbonyl (C=O) groups excluding carboxylic acids is 2. The molecule has 3 N–H and O–H groups in total. The quantitative estimate of drug-likeness (QED) is 0.777. The largest absolute Gasteiger partial charge is 0.338 e. The van der Waals surface area contributed by atoms with Gasteiger partial charge in [0.05, 0.1) is 0 Å². The molecule has 1 aromatic heterocycles. The van der Waals surface area contributed by atoms with Gasteiger partial charge in [0.1, 0.15) is 5.56 Å². The average molecular weight is 380 g/mol. The number of nitrogens with one attached hydrogen (secondary N) is 1. The molecule has 0 radical (unpaired) electrons. The van der Waals surface area contributed by atoms with Gasteiger partial charge in [0.15, 0.2) is 5.78 Å². The Morgan fingerprint density at radius 1 is 1.23 bits per heavy atom. The standard InChI is InChI=1S/C19H25N3O3.ClH/c1-19(2)6-15-11(16(23)7-19)5-12(17(24)21-15)18(25)22-8-10-3-4-14(20)13(10)9-22;/h5,10,13-14H,3-4,6-9,20H2,1-2H3,(H,21,24);1H. The molecule has 1 saturated carbocycles. The molecule has 3 unspecified atom stereocenters. The summed E-state index contributed by atoms with van der Waals surface area (Å²) in [6.45, 7) is 5.30. The molecule has 1 aliphatic heterocycles. The van der Waals surface area contributed by atoms with Crippen molar-refractivity contribution in [1.29, 1.82) is 0 Å². The van der Waals surface area contributed by atoms with Crippen LogP contribution in [-0.2, 0) is 6.42 Å². The Balaban J connectivity index is 0.00000196. The molecular weight excluding hydrogens is 354 g/mol. The Kier molecular flexibility index (Phi) is 4.78. The Hall–Kier alpha value is -1.66. The zero-order chi connectivity index (χ0) is 17.9. The number of rotatable bonds is 1. The van der Waals surface area contributed by atoms with Crippen LogP contribution in [0.25, 0.3) is 0 Å². The van der Waals surface area contributed by atoms with E-state index in [0.717, 1.165) is 12.8 Å². The fraction of sp³-hybridized carbons (Fsp3) is 0.632. The summed E-state index contributed by atoms with van der Waals surface area (Å²) >= 11 is 0. The Labute approximate surface area is 158 Å². The van der Waals surface area contributed by atoms with Crippen LogP contribution in [0.1, 0.15) is 59.5 Å². The lowest BCUT2D eigenvalue weighted by atomic mass is 9.75. The number of nitrogens with zero attached hydrogens (tertiary/aromatic N) is 1. The van der Waals surface area contributed by atoms with E-state index in [9.17, 15) is 14.4 Å². The number of aromatic amines is 1. The van der Waals surface area contributed by atoms with E-state index in [1.54, 1.807) is 4.90 Å². The van der Waals surface area contributed by atoms with Crippen LogP contribution in [0.5, 0.6) is 0 Å². The van der Waals surface area contributed by atoms with Crippen LogP contribution in [0, 0.1) is 17.3 Å². The summed E-state index contributed by atoms with van der Waals surface area (Å²) in [5.74, 6) is 0.501. The first-order valence-corrected chi connectivity index (χ1v) is 9.09. The number of hydrogen-bond donors (Lipinski definition) is 2. The number of nitrogens with two attached hydrogens (primary N) is 1. The first kappa shape index (κ1) is 19.1. The summed E-state index contributed by atoms with van der Waals surface area (Å²) in [6, 6.07) is 1.66. The van der Waals surface area contributed by atoms with Gasteiger partial charge in [0.2, 0.25) is 0 Å². The van der Waals surface area contributed by atoms with E-state index in [2.05, 4.69) is 4.98 Å². The van der Waals surface area contributed by atoms with Gasteiger partial charge in [-0.05, 0) is 42.6 Å². The molecule has 1 amide bonds. The minimum absolute atomic E-state index is 0. The second-order valence-corrected chi connectivity index (χ2v) is 8.72. The van der Waals surface area contributed by atoms with Crippen LogP contribution >= 0.6 is 12.4 Å². The molecule has 1 aromatic rings. The Bertz CT molecular complexity index is 817. The number of ketones is 1. The van der Waals surface area contributed by atoms with E-state index >= 15 is 0 Å². The van der Waals surface area contributed by atoms with Gasteiger partial charge >= 0.3 is 0 Å². The fourth-order valence-electron chi connectivity index (χ4n) is 4.83. The molecule has 3 atom stereocenters. The van der Waals surface area contributed by atoms with Gasteiger partial charge in [-0.15, -0.1) is 12.4 Å². The van der Waals surface area contributed by atoms with Gasteiger partial charge in [0.25, 0.3) is 11.5 Å². The van der Waals surface area contributed by atoms with E-state index in [1.165, 1.54) is 6.07 Å². The predicted octanol–water partition coefficient (Wildman–Crippen LogP) is 1.76. The minimum Gasteiger partial charge on any atom is -0.338 e. The first-order valence-electron chi connectivity index (χ1n) is 9.09. The van der Waals surface area contributed by atoms with Crippen LogP contribution in [0.15, 0.2) is 10.9 Å². The van der Waals surface area contributed by atoms with Crippen molar-refractivity contribution in [3.8, 4) is 0 Å². The minimum atomic E-state index is -0.393. The third-order valence-electron chi connectivity index (χ3n) is 6.15. The van der Waals surface area contributed by atoms with Crippen molar-refractivity contribution in [3.05, 3.63) is 33.2 Å². The number of likely N-dealkylation sites (tertiary alicyclic amines) is 1. The Morgan fingerprint density at radius 3 is 2.65 bits per heavy atom. The van der Waals surface area contributed by atoms with Crippen molar-refractivity contribution in [2.45, 2.75) is 45.6 Å². The normalized spacial score (nSPS) is 29.1. The number of pyridine rings is 1. The molecular formula is C19H26ClN3O3. The molecule has 0 bridgehead atoms. The van der Waals surface area contributed by atoms with Crippen molar-refractivity contribution in [3.63, 3.8) is 0 Å². The lowest BCUT2D eigenvalue weighted by Crippen LogP contribution is -2.37. The highest BCUT2D eigenvalue weighted by Crippen LogP contribution is 2.38. The number of hydrogen-bond acceptors (Lipinski definition) is 4. The summed E-state index contributed by atoms with van der Waals surface area (Å²) in [4.78, 5) is 42.3. The molecule has 3 aliphatic rings. The molecule has 26 heavy (non-hydrogen) atoms. The number of amides is 1. The van der Waals surface area contributed by atoms with Crippen LogP contribution in [0.3, 0.4) is 0 Å². The second kappa shape index (κ2) is 6.50. The van der Waals surface area contributed by atoms with Crippen molar-refractivity contribution < 1.29 is 9.59 Å². The second-order valence-electron chi connectivity index (χ2n) is 8.72. The summed E-state index contributed by atoms with van der Waals surface area (Å²) in [5, 5.41) is 0. The summed E-state index contributed by atoms with van der Waals surface area (Å²) in [6.07, 6.45) is 3.13. The lowest BCUT2D eigenvalue weighted by Gasteiger charge is -2.30. The number of Topliss-reactive ketones (excluding diaryl/α,β-unsaturated/α-hetero) is 1. The number of carbonyl (C=O) groups is 2. The fourth-order valence-corrected chi connectivity index (χ4v) is 4.83. The van der Waals surface area contributed by atoms with Gasteiger partial charge in [-0.25, -0.2) is 0 Å². The molecule has 142 valence electrons. The number of H-pyrrole nitrogens is 1. The van der Waals surface area contributed by atoms with Gasteiger partial charge < -0.3 is 15.6 Å². The zero-order valence-corrected chi connectivity index (χ0v) is 16.0. The molecule has 6 nitrogen and oxygen atoms in total. The highest BCUT2D eigenvalue weighted by Gasteiger charge is 2.43. The van der Waals surface area contributed by atoms with Gasteiger partial charge in [-0.1, -0.05) is 13.8 Å². The highest BCUT2D eigenvalue weighted by molar-refractivity contribution is 6.02. The monoisotopic (exact) mass is 379 g/mol. The number of aromatic nitrogens is 1.